The average molecular weight is 195 g/mol. The van der Waals surface area contributed by atoms with E-state index in [4.69, 9.17) is 0 Å². The Hall–Kier alpha value is -0.490. The van der Waals surface area contributed by atoms with Crippen molar-refractivity contribution in [1.82, 2.24) is 4.72 Å². The molecule has 0 radical (unpaired) electrons. The maximum absolute atomic E-state index is 10.6. The van der Waals surface area contributed by atoms with E-state index in [1.165, 1.54) is 17.2 Å². The van der Waals surface area contributed by atoms with E-state index >= 15 is 0 Å². The maximum Gasteiger partial charge on any atom is 0.257 e. The molecule has 64 valence electrons. The third kappa shape index (κ3) is 7.41. The highest BCUT2D eigenvalue weighted by Gasteiger charge is 2.02. The molecule has 1 amide bonds. The zero-order valence-corrected chi connectivity index (χ0v) is 7.83. The minimum atomic E-state index is -3.41. The Morgan fingerprint density at radius 1 is 1.55 bits per heavy atom. The van der Waals surface area contributed by atoms with E-state index in [0.717, 1.165) is 12.3 Å². The van der Waals surface area contributed by atoms with E-state index in [1.54, 1.807) is 11.0 Å². The van der Waals surface area contributed by atoms with Crippen molar-refractivity contribution in [1.29, 1.82) is 0 Å². The van der Waals surface area contributed by atoms with Gasteiger partial charge in [-0.05, 0) is 11.7 Å². The standard InChI is InChI=1S/C5H9NO3S2/c1-10-4-3-5(7)6-11(2,8)9/h3-4H,1-2H3,(H,6,7)/b4-3+. The normalized spacial score (nSPS) is 11.8. The first-order chi connectivity index (χ1) is 4.95. The van der Waals surface area contributed by atoms with Crippen molar-refractivity contribution < 1.29 is 13.2 Å². The van der Waals surface area contributed by atoms with Crippen LogP contribution >= 0.6 is 11.8 Å². The zero-order valence-electron chi connectivity index (χ0n) is 6.20. The monoisotopic (exact) mass is 195 g/mol. The summed E-state index contributed by atoms with van der Waals surface area (Å²) in [5.74, 6) is -0.623. The summed E-state index contributed by atoms with van der Waals surface area (Å²) in [6.45, 7) is 0. The predicted molar refractivity (Wildman–Crippen MR) is 45.6 cm³/mol. The summed E-state index contributed by atoms with van der Waals surface area (Å²) in [5.41, 5.74) is 0. The van der Waals surface area contributed by atoms with Gasteiger partial charge in [-0.2, -0.15) is 0 Å². The largest absolute Gasteiger partial charge is 0.269 e. The summed E-state index contributed by atoms with van der Waals surface area (Å²) in [5, 5.41) is 1.50. The van der Waals surface area contributed by atoms with Crippen molar-refractivity contribution in [2.24, 2.45) is 0 Å². The molecule has 0 saturated carbocycles. The maximum atomic E-state index is 10.6. The number of carbonyl (C=O) groups is 1. The van der Waals surface area contributed by atoms with E-state index in [0.29, 0.717) is 0 Å². The van der Waals surface area contributed by atoms with Crippen LogP contribution in [0.4, 0.5) is 0 Å². The molecule has 0 aliphatic heterocycles. The number of carbonyl (C=O) groups excluding carboxylic acids is 1. The summed E-state index contributed by atoms with van der Waals surface area (Å²) in [4.78, 5) is 10.6. The predicted octanol–water partition coefficient (Wildman–Crippen LogP) is -0.0611. The van der Waals surface area contributed by atoms with Gasteiger partial charge in [0.1, 0.15) is 0 Å². The molecule has 1 N–H and O–H groups in total. The van der Waals surface area contributed by atoms with Crippen molar-refractivity contribution in [2.75, 3.05) is 12.5 Å². The zero-order chi connectivity index (χ0) is 8.91. The Morgan fingerprint density at radius 2 is 2.09 bits per heavy atom. The molecule has 0 saturated heterocycles. The Kier molecular flexibility index (Phi) is 4.20. The van der Waals surface area contributed by atoms with Crippen molar-refractivity contribution >= 4 is 27.7 Å². The molecule has 4 nitrogen and oxygen atoms in total. The van der Waals surface area contributed by atoms with Crippen LogP contribution in [0, 0.1) is 0 Å². The molecule has 0 aromatic heterocycles. The van der Waals surface area contributed by atoms with Crippen molar-refractivity contribution in [3.8, 4) is 0 Å². The summed E-state index contributed by atoms with van der Waals surface area (Å²) in [7, 11) is -3.41. The van der Waals surface area contributed by atoms with Crippen LogP contribution in [0.15, 0.2) is 11.5 Å². The number of nitrogens with one attached hydrogen (secondary N) is 1. The summed E-state index contributed by atoms with van der Waals surface area (Å²) in [6.07, 6.45) is 3.85. The van der Waals surface area contributed by atoms with Gasteiger partial charge in [0.05, 0.1) is 6.26 Å². The topological polar surface area (TPSA) is 63.2 Å². The smallest absolute Gasteiger partial charge is 0.257 e. The van der Waals surface area contributed by atoms with Crippen LogP contribution in [-0.2, 0) is 14.8 Å². The van der Waals surface area contributed by atoms with Gasteiger partial charge in [0.25, 0.3) is 5.91 Å². The number of amides is 1. The molecule has 0 fully saturated rings. The van der Waals surface area contributed by atoms with Crippen LogP contribution in [0.1, 0.15) is 0 Å². The number of sulfonamides is 1. The van der Waals surface area contributed by atoms with Gasteiger partial charge in [0, 0.05) is 6.08 Å². The first-order valence-corrected chi connectivity index (χ1v) is 5.85. The lowest BCUT2D eigenvalue weighted by molar-refractivity contribution is -0.114. The van der Waals surface area contributed by atoms with Gasteiger partial charge < -0.3 is 0 Å². The number of thioether (sulfide) groups is 1. The number of rotatable bonds is 3. The lowest BCUT2D eigenvalue weighted by Crippen LogP contribution is -2.27. The quantitative estimate of drug-likeness (QED) is 0.641. The molecule has 0 bridgehead atoms. The first kappa shape index (κ1) is 10.5. The second-order valence-corrected chi connectivity index (χ2v) is 4.27. The van der Waals surface area contributed by atoms with E-state index in [9.17, 15) is 13.2 Å². The molecule has 0 aromatic rings. The van der Waals surface area contributed by atoms with Crippen LogP contribution < -0.4 is 4.72 Å². The van der Waals surface area contributed by atoms with Gasteiger partial charge in [0.15, 0.2) is 0 Å². The molecule has 0 aliphatic rings. The van der Waals surface area contributed by atoms with Crippen molar-refractivity contribution in [2.45, 2.75) is 0 Å². The molecule has 0 unspecified atom stereocenters. The second kappa shape index (κ2) is 4.40. The molecule has 0 aromatic carbocycles. The van der Waals surface area contributed by atoms with Crippen molar-refractivity contribution in [3.05, 3.63) is 11.5 Å². The molecule has 0 spiro atoms. The second-order valence-electron chi connectivity index (χ2n) is 1.78. The lowest BCUT2D eigenvalue weighted by Gasteiger charge is -1.95. The highest BCUT2D eigenvalue weighted by atomic mass is 32.2. The van der Waals surface area contributed by atoms with Crippen LogP contribution in [-0.4, -0.2) is 26.8 Å². The highest BCUT2D eigenvalue weighted by Crippen LogP contribution is 1.92. The molecule has 6 heteroatoms. The van der Waals surface area contributed by atoms with Gasteiger partial charge >= 0.3 is 0 Å². The van der Waals surface area contributed by atoms with Crippen molar-refractivity contribution in [3.63, 3.8) is 0 Å². The van der Waals surface area contributed by atoms with Gasteiger partial charge in [-0.15, -0.1) is 11.8 Å². The molecular formula is C5H9NO3S2. The first-order valence-electron chi connectivity index (χ1n) is 2.67. The van der Waals surface area contributed by atoms with E-state index < -0.39 is 15.9 Å². The SMILES string of the molecule is CS/C=C/C(=O)NS(C)(=O)=O. The van der Waals surface area contributed by atoms with Crippen LogP contribution in [0.2, 0.25) is 0 Å². The summed E-state index contributed by atoms with van der Waals surface area (Å²) in [6, 6.07) is 0. The number of hydrogen-bond donors (Lipinski definition) is 1. The molecule has 0 rings (SSSR count). The van der Waals surface area contributed by atoms with Gasteiger partial charge in [-0.3, -0.25) is 4.79 Å². The highest BCUT2D eigenvalue weighted by molar-refractivity contribution is 8.01. The van der Waals surface area contributed by atoms with Gasteiger partial charge in [0.2, 0.25) is 10.0 Å². The summed E-state index contributed by atoms with van der Waals surface area (Å²) < 4.78 is 22.7. The Bertz CT molecular complexity index is 255. The molecule has 0 heterocycles. The van der Waals surface area contributed by atoms with Gasteiger partial charge in [-0.1, -0.05) is 0 Å². The van der Waals surface area contributed by atoms with Crippen LogP contribution in [0.5, 0.6) is 0 Å². The van der Waals surface area contributed by atoms with Crippen LogP contribution in [0.25, 0.3) is 0 Å². The van der Waals surface area contributed by atoms with Crippen LogP contribution in [0.3, 0.4) is 0 Å². The fourth-order valence-corrected chi connectivity index (χ4v) is 1.04. The molecule has 11 heavy (non-hydrogen) atoms. The van der Waals surface area contributed by atoms with E-state index in [-0.39, 0.29) is 0 Å². The minimum Gasteiger partial charge on any atom is -0.269 e. The average Bonchev–Trinajstić information content (AvgIpc) is 1.79. The lowest BCUT2D eigenvalue weighted by atomic mass is 10.6. The molecular weight excluding hydrogens is 186 g/mol. The Morgan fingerprint density at radius 3 is 2.45 bits per heavy atom. The van der Waals surface area contributed by atoms with Gasteiger partial charge in [-0.25, -0.2) is 13.1 Å². The minimum absolute atomic E-state index is 0.623. The summed E-state index contributed by atoms with van der Waals surface area (Å²) >= 11 is 1.32. The third-order valence-corrected chi connectivity index (χ3v) is 1.62. The van der Waals surface area contributed by atoms with E-state index in [1.807, 2.05) is 0 Å². The molecule has 0 atom stereocenters. The van der Waals surface area contributed by atoms with E-state index in [2.05, 4.69) is 0 Å². The number of hydrogen-bond acceptors (Lipinski definition) is 4. The Balaban J connectivity index is 4.00. The molecule has 0 aliphatic carbocycles. The Labute approximate surface area is 70.1 Å². The fraction of sp³-hybridized carbons (Fsp3) is 0.400. The fourth-order valence-electron chi connectivity index (χ4n) is 0.347. The third-order valence-electron chi connectivity index (χ3n) is 0.641.